The van der Waals surface area contributed by atoms with Gasteiger partial charge in [-0.25, -0.2) is 0 Å². The molecule has 1 radical (unpaired) electrons. The Balaban J connectivity index is 2.80. The molecule has 89 valence electrons. The number of hydrogen-bond donors (Lipinski definition) is 0. The Morgan fingerprint density at radius 2 is 1.69 bits per heavy atom. The molecule has 0 bridgehead atoms. The third kappa shape index (κ3) is 3.88. The van der Waals surface area contributed by atoms with Crippen LogP contribution in [0.25, 0.3) is 0 Å². The molecule has 0 fully saturated rings. The predicted molar refractivity (Wildman–Crippen MR) is 77.4 cm³/mol. The second-order valence-corrected chi connectivity index (χ2v) is 13.4. The van der Waals surface area contributed by atoms with Crippen LogP contribution in [0.1, 0.15) is 12.5 Å². The number of hydrogen-bond acceptors (Lipinski definition) is 1. The second-order valence-electron chi connectivity index (χ2n) is 5.33. The summed E-state index contributed by atoms with van der Waals surface area (Å²) in [5.74, 6) is 0. The van der Waals surface area contributed by atoms with Crippen molar-refractivity contribution in [2.75, 3.05) is 0 Å². The third-order valence-corrected chi connectivity index (χ3v) is 10.0. The molecule has 0 aliphatic rings. The van der Waals surface area contributed by atoms with Gasteiger partial charge < -0.3 is 4.23 Å². The molecular weight excluding hydrogens is 226 g/mol. The van der Waals surface area contributed by atoms with Gasteiger partial charge in [0, 0.05) is 6.54 Å². The van der Waals surface area contributed by atoms with Crippen LogP contribution in [0, 0.1) is 0 Å². The maximum atomic E-state index is 2.81. The van der Waals surface area contributed by atoms with Crippen LogP contribution in [0.5, 0.6) is 0 Å². The predicted octanol–water partition coefficient (Wildman–Crippen LogP) is 3.96. The summed E-state index contributed by atoms with van der Waals surface area (Å²) >= 11 is 0. The van der Waals surface area contributed by atoms with Gasteiger partial charge in [-0.05, 0) is 11.6 Å². The van der Waals surface area contributed by atoms with E-state index in [1.807, 2.05) is 0 Å². The van der Waals surface area contributed by atoms with Gasteiger partial charge in [0.25, 0.3) is 0 Å². The summed E-state index contributed by atoms with van der Waals surface area (Å²) in [6, 6.07) is 12.2. The molecule has 1 nitrogen and oxygen atoms in total. The highest BCUT2D eigenvalue weighted by Crippen LogP contribution is 2.17. The Morgan fingerprint density at radius 1 is 1.12 bits per heavy atom. The average molecular weight is 251 g/mol. The van der Waals surface area contributed by atoms with Crippen LogP contribution in [0.3, 0.4) is 0 Å². The van der Waals surface area contributed by atoms with E-state index in [1.165, 1.54) is 11.6 Å². The molecule has 0 aromatic heterocycles. The first-order chi connectivity index (χ1) is 7.45. The van der Waals surface area contributed by atoms with E-state index in [1.54, 1.807) is 0 Å². The molecule has 1 aromatic rings. The van der Waals surface area contributed by atoms with Gasteiger partial charge in [0.15, 0.2) is 0 Å². The minimum Gasteiger partial charge on any atom is -0.343 e. The van der Waals surface area contributed by atoms with Crippen LogP contribution < -0.4 is 0 Å². The average Bonchev–Trinajstić information content (AvgIpc) is 2.25. The van der Waals surface area contributed by atoms with Crippen LogP contribution in [0.15, 0.2) is 30.3 Å². The van der Waals surface area contributed by atoms with E-state index < -0.39 is 8.24 Å². The fraction of sp³-hybridized carbons (Fsp3) is 0.538. The Morgan fingerprint density at radius 3 is 2.12 bits per heavy atom. The molecule has 0 aliphatic carbocycles. The van der Waals surface area contributed by atoms with E-state index in [0.29, 0.717) is 0 Å². The molecule has 1 aromatic carbocycles. The van der Waals surface area contributed by atoms with Crippen molar-refractivity contribution in [3.8, 4) is 0 Å². The Hall–Kier alpha value is -0.386. The second kappa shape index (κ2) is 5.80. The van der Waals surface area contributed by atoms with Crippen LogP contribution in [0.4, 0.5) is 0 Å². The molecule has 1 rings (SSSR count). The van der Waals surface area contributed by atoms with E-state index in [2.05, 4.69) is 67.7 Å². The molecule has 0 spiro atoms. The lowest BCUT2D eigenvalue weighted by molar-refractivity contribution is 0.623. The number of rotatable bonds is 5. The summed E-state index contributed by atoms with van der Waals surface area (Å²) in [6.45, 7) is 13.3. The van der Waals surface area contributed by atoms with E-state index in [4.69, 9.17) is 0 Å². The molecule has 0 atom stereocenters. The van der Waals surface area contributed by atoms with E-state index in [0.717, 1.165) is 6.54 Å². The fourth-order valence-electron chi connectivity index (χ4n) is 1.90. The normalized spacial score (nSPS) is 12.4. The molecule has 0 heterocycles. The lowest BCUT2D eigenvalue weighted by atomic mass is 10.2. The molecule has 0 saturated carbocycles. The maximum Gasteiger partial charge on any atom is 0.126 e. The molecular formula is C13H24NSi2. The van der Waals surface area contributed by atoms with Crippen molar-refractivity contribution in [1.29, 1.82) is 0 Å². The summed E-state index contributed by atoms with van der Waals surface area (Å²) in [5.41, 5.74) is 1.46. The monoisotopic (exact) mass is 250 g/mol. The Labute approximate surface area is 103 Å². The zero-order valence-corrected chi connectivity index (χ0v) is 13.2. The quantitative estimate of drug-likeness (QED) is 0.715. The van der Waals surface area contributed by atoms with Gasteiger partial charge in [-0.2, -0.15) is 0 Å². The summed E-state index contributed by atoms with van der Waals surface area (Å²) in [4.78, 5) is 0. The number of benzene rings is 1. The standard InChI is InChI=1S/C13H24NSi2/c1-6-15(2)14(16(3,4)5)12-13-10-8-7-9-11-13/h7-11H,6,12H2,1-5H3. The molecule has 0 saturated heterocycles. The highest BCUT2D eigenvalue weighted by Gasteiger charge is 2.28. The number of nitrogens with zero attached hydrogens (tertiary/aromatic N) is 1. The van der Waals surface area contributed by atoms with Crippen LogP contribution >= 0.6 is 0 Å². The summed E-state index contributed by atoms with van der Waals surface area (Å²) in [5, 5.41) is 0. The third-order valence-electron chi connectivity index (χ3n) is 2.97. The van der Waals surface area contributed by atoms with Crippen molar-refractivity contribution in [2.24, 2.45) is 0 Å². The molecule has 0 aliphatic heterocycles. The van der Waals surface area contributed by atoms with Gasteiger partial charge in [-0.3, -0.25) is 0 Å². The lowest BCUT2D eigenvalue weighted by Gasteiger charge is -2.38. The molecule has 0 amide bonds. The first-order valence-electron chi connectivity index (χ1n) is 6.09. The lowest BCUT2D eigenvalue weighted by Crippen LogP contribution is -2.52. The van der Waals surface area contributed by atoms with E-state index in [-0.39, 0.29) is 8.96 Å². The van der Waals surface area contributed by atoms with Crippen molar-refractivity contribution in [1.82, 2.24) is 4.23 Å². The van der Waals surface area contributed by atoms with Gasteiger partial charge in [-0.1, -0.05) is 63.4 Å². The molecule has 16 heavy (non-hydrogen) atoms. The first kappa shape index (κ1) is 13.7. The fourth-order valence-corrected chi connectivity index (χ4v) is 8.45. The maximum absolute atomic E-state index is 2.81. The highest BCUT2D eigenvalue weighted by molar-refractivity contribution is 6.82. The van der Waals surface area contributed by atoms with Gasteiger partial charge in [-0.15, -0.1) is 0 Å². The van der Waals surface area contributed by atoms with E-state index >= 15 is 0 Å². The van der Waals surface area contributed by atoms with Gasteiger partial charge in [0.1, 0.15) is 17.2 Å². The SMILES string of the molecule is CC[Si](C)N(Cc1ccccc1)[Si](C)(C)C. The zero-order valence-electron chi connectivity index (χ0n) is 11.2. The van der Waals surface area contributed by atoms with E-state index in [9.17, 15) is 0 Å². The Bertz CT molecular complexity index is 305. The topological polar surface area (TPSA) is 3.24 Å². The van der Waals surface area contributed by atoms with Crippen LogP contribution in [-0.4, -0.2) is 21.4 Å². The molecule has 3 heteroatoms. The van der Waals surface area contributed by atoms with Crippen LogP contribution in [-0.2, 0) is 6.54 Å². The van der Waals surface area contributed by atoms with Gasteiger partial charge in [0.2, 0.25) is 0 Å². The van der Waals surface area contributed by atoms with Gasteiger partial charge in [0.05, 0.1) is 0 Å². The smallest absolute Gasteiger partial charge is 0.126 e. The minimum atomic E-state index is -1.17. The minimum absolute atomic E-state index is 0.327. The summed E-state index contributed by atoms with van der Waals surface area (Å²) in [7, 11) is -1.50. The summed E-state index contributed by atoms with van der Waals surface area (Å²) in [6.07, 6.45) is 0. The largest absolute Gasteiger partial charge is 0.343 e. The Kier molecular flexibility index (Phi) is 4.96. The summed E-state index contributed by atoms with van der Waals surface area (Å²) < 4.78 is 2.81. The molecule has 0 unspecified atom stereocenters. The van der Waals surface area contributed by atoms with Crippen molar-refractivity contribution < 1.29 is 0 Å². The van der Waals surface area contributed by atoms with Crippen molar-refractivity contribution in [2.45, 2.75) is 45.7 Å². The van der Waals surface area contributed by atoms with Crippen molar-refractivity contribution in [3.05, 3.63) is 35.9 Å². The first-order valence-corrected chi connectivity index (χ1v) is 11.7. The van der Waals surface area contributed by atoms with Crippen molar-refractivity contribution >= 4 is 17.2 Å². The van der Waals surface area contributed by atoms with Gasteiger partial charge >= 0.3 is 0 Å². The highest BCUT2D eigenvalue weighted by atomic mass is 28.4. The van der Waals surface area contributed by atoms with Crippen molar-refractivity contribution in [3.63, 3.8) is 0 Å². The zero-order chi connectivity index (χ0) is 12.2. The molecule has 0 N–H and O–H groups in total. The van der Waals surface area contributed by atoms with Crippen LogP contribution in [0.2, 0.25) is 32.2 Å².